The molecule has 1 unspecified atom stereocenters. The molecule has 0 saturated carbocycles. The minimum Gasteiger partial charge on any atom is -0.342 e. The quantitative estimate of drug-likeness (QED) is 0.382. The van der Waals surface area contributed by atoms with Crippen LogP contribution < -0.4 is 0 Å². The Morgan fingerprint density at radius 1 is 1.04 bits per heavy atom. The Morgan fingerprint density at radius 2 is 1.70 bits per heavy atom. The second kappa shape index (κ2) is 7.19. The fourth-order valence-electron chi connectivity index (χ4n) is 3.39. The van der Waals surface area contributed by atoms with Gasteiger partial charge in [-0.25, -0.2) is 9.97 Å². The molecule has 4 rings (SSSR count). The van der Waals surface area contributed by atoms with Crippen LogP contribution in [0.25, 0.3) is 27.6 Å². The van der Waals surface area contributed by atoms with Crippen LogP contribution in [-0.4, -0.2) is 43.5 Å². The van der Waals surface area contributed by atoms with Gasteiger partial charge in [0.2, 0.25) is 5.91 Å². The number of benzene rings is 2. The summed E-state index contributed by atoms with van der Waals surface area (Å²) in [5.41, 5.74) is 3.72. The highest BCUT2D eigenvalue weighted by Gasteiger charge is 2.22. The van der Waals surface area contributed by atoms with Crippen LogP contribution in [0.1, 0.15) is 20.8 Å². The zero-order valence-corrected chi connectivity index (χ0v) is 16.5. The molecule has 27 heavy (non-hydrogen) atoms. The third kappa shape index (κ3) is 3.04. The Morgan fingerprint density at radius 3 is 2.44 bits per heavy atom. The third-order valence-electron chi connectivity index (χ3n) is 4.82. The minimum atomic E-state index is -0.220. The van der Waals surface area contributed by atoms with Gasteiger partial charge in [0.1, 0.15) is 5.65 Å². The highest BCUT2D eigenvalue weighted by atomic mass is 32.2. The van der Waals surface area contributed by atoms with Crippen molar-refractivity contribution < 1.29 is 4.79 Å². The predicted octanol–water partition coefficient (Wildman–Crippen LogP) is 4.38. The highest BCUT2D eigenvalue weighted by molar-refractivity contribution is 8.00. The van der Waals surface area contributed by atoms with Gasteiger partial charge in [-0.05, 0) is 45.0 Å². The van der Waals surface area contributed by atoms with Crippen molar-refractivity contribution in [2.24, 2.45) is 0 Å². The average Bonchev–Trinajstić information content (AvgIpc) is 3.09. The molecule has 0 bridgehead atoms. The van der Waals surface area contributed by atoms with Crippen molar-refractivity contribution in [2.75, 3.05) is 13.1 Å². The largest absolute Gasteiger partial charge is 0.342 e. The number of hydrogen-bond acceptors (Lipinski definition) is 4. The number of hydrogen-bond donors (Lipinski definition) is 0. The van der Waals surface area contributed by atoms with E-state index in [2.05, 4.69) is 4.40 Å². The minimum absolute atomic E-state index is 0.137. The molecule has 0 aliphatic carbocycles. The molecular weight excluding hydrogens is 356 g/mol. The first-order valence-electron chi connectivity index (χ1n) is 9.25. The first kappa shape index (κ1) is 17.8. The maximum absolute atomic E-state index is 12.8. The van der Waals surface area contributed by atoms with E-state index in [1.165, 1.54) is 11.8 Å². The molecule has 6 heteroatoms. The predicted molar refractivity (Wildman–Crippen MR) is 111 cm³/mol. The van der Waals surface area contributed by atoms with Crippen molar-refractivity contribution >= 4 is 45.3 Å². The Balaban J connectivity index is 1.89. The first-order chi connectivity index (χ1) is 13.1. The number of fused-ring (bicyclic) bond motifs is 5. The van der Waals surface area contributed by atoms with E-state index >= 15 is 0 Å². The Labute approximate surface area is 162 Å². The summed E-state index contributed by atoms with van der Waals surface area (Å²) in [4.78, 5) is 24.3. The van der Waals surface area contributed by atoms with E-state index in [1.54, 1.807) is 0 Å². The number of rotatable bonds is 5. The van der Waals surface area contributed by atoms with Gasteiger partial charge in [0, 0.05) is 18.5 Å². The number of carbonyl (C=O) groups excluding carboxylic acids is 1. The lowest BCUT2D eigenvalue weighted by atomic mass is 10.2. The number of amides is 1. The number of carbonyl (C=O) groups is 1. The Bertz CT molecular complexity index is 1130. The SMILES string of the molecule is CCN(CC)C(=O)C(C)Sc1nc2ccccc2c2nc3ccccc3n12. The summed E-state index contributed by atoms with van der Waals surface area (Å²) in [7, 11) is 0. The molecule has 5 nitrogen and oxygen atoms in total. The van der Waals surface area contributed by atoms with Crippen molar-refractivity contribution in [3.8, 4) is 0 Å². The maximum atomic E-state index is 12.8. The molecular formula is C21H22N4OS. The lowest BCUT2D eigenvalue weighted by Crippen LogP contribution is -2.36. The topological polar surface area (TPSA) is 50.5 Å². The van der Waals surface area contributed by atoms with Gasteiger partial charge in [0.05, 0.1) is 21.8 Å². The van der Waals surface area contributed by atoms with Gasteiger partial charge >= 0.3 is 0 Å². The second-order valence-corrected chi connectivity index (χ2v) is 7.75. The first-order valence-corrected chi connectivity index (χ1v) is 10.1. The van der Waals surface area contributed by atoms with Crippen molar-refractivity contribution in [3.63, 3.8) is 0 Å². The molecule has 2 aromatic heterocycles. The molecule has 0 aliphatic rings. The van der Waals surface area contributed by atoms with Crippen LogP contribution in [0.15, 0.2) is 53.7 Å². The van der Waals surface area contributed by atoms with E-state index < -0.39 is 0 Å². The normalized spacial score (nSPS) is 12.7. The number of imidazole rings is 1. The molecule has 0 spiro atoms. The Hall–Kier alpha value is -2.60. The Kier molecular flexibility index (Phi) is 4.74. The zero-order chi connectivity index (χ0) is 19.0. The van der Waals surface area contributed by atoms with Crippen molar-refractivity contribution in [2.45, 2.75) is 31.2 Å². The maximum Gasteiger partial charge on any atom is 0.235 e. The molecule has 0 N–H and O–H groups in total. The van der Waals surface area contributed by atoms with Gasteiger partial charge in [-0.15, -0.1) is 0 Å². The smallest absolute Gasteiger partial charge is 0.235 e. The van der Waals surface area contributed by atoms with Crippen LogP contribution in [-0.2, 0) is 4.79 Å². The fourth-order valence-corrected chi connectivity index (χ4v) is 4.40. The van der Waals surface area contributed by atoms with E-state index in [4.69, 9.17) is 9.97 Å². The molecule has 0 radical (unpaired) electrons. The van der Waals surface area contributed by atoms with Crippen molar-refractivity contribution in [1.29, 1.82) is 0 Å². The summed E-state index contributed by atoms with van der Waals surface area (Å²) in [6.07, 6.45) is 0. The molecule has 4 aromatic rings. The summed E-state index contributed by atoms with van der Waals surface area (Å²) in [5, 5.41) is 1.59. The molecule has 1 atom stereocenters. The van der Waals surface area contributed by atoms with Gasteiger partial charge in [-0.3, -0.25) is 9.20 Å². The summed E-state index contributed by atoms with van der Waals surface area (Å²) in [6.45, 7) is 7.40. The zero-order valence-electron chi connectivity index (χ0n) is 15.7. The van der Waals surface area contributed by atoms with Crippen LogP contribution in [0.4, 0.5) is 0 Å². The summed E-state index contributed by atoms with van der Waals surface area (Å²) < 4.78 is 2.08. The summed E-state index contributed by atoms with van der Waals surface area (Å²) in [6, 6.07) is 16.1. The summed E-state index contributed by atoms with van der Waals surface area (Å²) in [5.74, 6) is 0.137. The highest BCUT2D eigenvalue weighted by Crippen LogP contribution is 2.31. The van der Waals surface area contributed by atoms with Crippen LogP contribution in [0.2, 0.25) is 0 Å². The van der Waals surface area contributed by atoms with E-state index in [-0.39, 0.29) is 11.2 Å². The molecule has 0 aliphatic heterocycles. The van der Waals surface area contributed by atoms with Gasteiger partial charge < -0.3 is 4.90 Å². The second-order valence-electron chi connectivity index (χ2n) is 6.44. The van der Waals surface area contributed by atoms with Crippen LogP contribution >= 0.6 is 11.8 Å². The molecule has 1 amide bonds. The molecule has 0 saturated heterocycles. The van der Waals surface area contributed by atoms with Gasteiger partial charge in [-0.2, -0.15) is 0 Å². The van der Waals surface area contributed by atoms with Crippen LogP contribution in [0, 0.1) is 0 Å². The van der Waals surface area contributed by atoms with Gasteiger partial charge in [0.15, 0.2) is 5.16 Å². The lowest BCUT2D eigenvalue weighted by molar-refractivity contribution is -0.129. The fraction of sp³-hybridized carbons (Fsp3) is 0.286. The van der Waals surface area contributed by atoms with Gasteiger partial charge in [-0.1, -0.05) is 36.0 Å². The number of thioether (sulfide) groups is 1. The van der Waals surface area contributed by atoms with E-state index in [0.29, 0.717) is 0 Å². The standard InChI is InChI=1S/C21H22N4OS/c1-4-24(5-2)20(26)14(3)27-21-23-16-11-7-6-10-15(16)19-22-17-12-8-9-13-18(17)25(19)21/h6-14H,4-5H2,1-3H3. The van der Waals surface area contributed by atoms with Crippen molar-refractivity contribution in [3.05, 3.63) is 48.5 Å². The third-order valence-corrected chi connectivity index (χ3v) is 5.86. The van der Waals surface area contributed by atoms with Crippen LogP contribution in [0.5, 0.6) is 0 Å². The van der Waals surface area contributed by atoms with E-state index in [0.717, 1.165) is 45.8 Å². The van der Waals surface area contributed by atoms with Crippen LogP contribution in [0.3, 0.4) is 0 Å². The van der Waals surface area contributed by atoms with Gasteiger partial charge in [0.25, 0.3) is 0 Å². The lowest BCUT2D eigenvalue weighted by Gasteiger charge is -2.22. The summed E-state index contributed by atoms with van der Waals surface area (Å²) >= 11 is 1.50. The molecule has 2 aromatic carbocycles. The monoisotopic (exact) mass is 378 g/mol. The molecule has 0 fully saturated rings. The van der Waals surface area contributed by atoms with E-state index in [9.17, 15) is 4.79 Å². The number of nitrogens with zero attached hydrogens (tertiary/aromatic N) is 4. The average molecular weight is 379 g/mol. The van der Waals surface area contributed by atoms with Crippen molar-refractivity contribution in [1.82, 2.24) is 19.3 Å². The number of para-hydroxylation sites is 3. The molecule has 138 valence electrons. The molecule has 2 heterocycles. The number of aromatic nitrogens is 3. The van der Waals surface area contributed by atoms with E-state index in [1.807, 2.05) is 74.2 Å².